The summed E-state index contributed by atoms with van der Waals surface area (Å²) < 4.78 is 10.5. The van der Waals surface area contributed by atoms with Gasteiger partial charge in [0, 0.05) is 25.7 Å². The highest BCUT2D eigenvalue weighted by atomic mass is 16.5. The topological polar surface area (TPSA) is 110 Å². The summed E-state index contributed by atoms with van der Waals surface area (Å²) in [5.41, 5.74) is 5.90. The van der Waals surface area contributed by atoms with Gasteiger partial charge >= 0.3 is 0 Å². The Bertz CT molecular complexity index is 919. The molecule has 1 atom stereocenters. The molecule has 1 saturated heterocycles. The molecule has 1 aliphatic rings. The molecule has 1 aliphatic heterocycles. The molecule has 1 unspecified atom stereocenters. The summed E-state index contributed by atoms with van der Waals surface area (Å²) in [5, 5.41) is 0. The van der Waals surface area contributed by atoms with Gasteiger partial charge in [-0.25, -0.2) is 0 Å². The van der Waals surface area contributed by atoms with E-state index in [-0.39, 0.29) is 18.0 Å². The summed E-state index contributed by atoms with van der Waals surface area (Å²) in [7, 11) is 3.14. The van der Waals surface area contributed by atoms with E-state index in [1.165, 1.54) is 12.3 Å². The summed E-state index contributed by atoms with van der Waals surface area (Å²) in [4.78, 5) is 42.2. The molecule has 0 spiro atoms. The normalized spacial score (nSPS) is 15.6. The molecule has 2 N–H and O–H groups in total. The number of methoxy groups -OCH3 is 2. The van der Waals surface area contributed by atoms with Crippen molar-refractivity contribution in [2.45, 2.75) is 12.8 Å². The molecular weight excluding hydrogens is 388 g/mol. The van der Waals surface area contributed by atoms with E-state index in [0.29, 0.717) is 31.0 Å². The Labute approximate surface area is 174 Å². The van der Waals surface area contributed by atoms with Crippen LogP contribution >= 0.6 is 0 Å². The number of benzene rings is 1. The fourth-order valence-electron chi connectivity index (χ4n) is 3.25. The number of hydrogen-bond acceptors (Lipinski definition) is 6. The Kier molecular flexibility index (Phi) is 6.84. The number of carbonyl (C=O) groups is 3. The Morgan fingerprint density at radius 3 is 2.63 bits per heavy atom. The van der Waals surface area contributed by atoms with Gasteiger partial charge in [-0.05, 0) is 36.2 Å². The molecule has 0 saturated carbocycles. The number of hydrogen-bond donors (Lipinski definition) is 2. The number of carbonyl (C=O) groups excluding carboxylic acids is 3. The summed E-state index contributed by atoms with van der Waals surface area (Å²) >= 11 is 0. The third-order valence-corrected chi connectivity index (χ3v) is 4.90. The third kappa shape index (κ3) is 5.05. The minimum Gasteiger partial charge on any atom is -0.493 e. The Hall–Kier alpha value is -3.62. The minimum atomic E-state index is -0.521. The summed E-state index contributed by atoms with van der Waals surface area (Å²) in [6, 6.07) is 10.5. The second-order valence-electron chi connectivity index (χ2n) is 6.84. The van der Waals surface area contributed by atoms with Crippen molar-refractivity contribution in [3.8, 4) is 11.5 Å². The average molecular weight is 412 g/mol. The number of aromatic nitrogens is 1. The van der Waals surface area contributed by atoms with Gasteiger partial charge in [0.15, 0.2) is 11.5 Å². The third-order valence-electron chi connectivity index (χ3n) is 4.90. The lowest BCUT2D eigenvalue weighted by atomic mass is 10.1. The van der Waals surface area contributed by atoms with E-state index in [1.54, 1.807) is 31.3 Å². The Morgan fingerprint density at radius 1 is 1.13 bits per heavy atom. The molecule has 9 heteroatoms. The van der Waals surface area contributed by atoms with Crippen LogP contribution in [0.1, 0.15) is 22.5 Å². The first-order valence-corrected chi connectivity index (χ1v) is 9.51. The fourth-order valence-corrected chi connectivity index (χ4v) is 3.25. The zero-order valence-corrected chi connectivity index (χ0v) is 16.9. The van der Waals surface area contributed by atoms with Crippen LogP contribution in [0.5, 0.6) is 11.5 Å². The number of ether oxygens (including phenoxy) is 2. The van der Waals surface area contributed by atoms with Gasteiger partial charge < -0.3 is 14.4 Å². The first-order valence-electron chi connectivity index (χ1n) is 9.51. The monoisotopic (exact) mass is 412 g/mol. The highest BCUT2D eigenvalue weighted by Crippen LogP contribution is 2.28. The molecule has 2 aromatic rings. The van der Waals surface area contributed by atoms with Crippen LogP contribution < -0.4 is 20.3 Å². The van der Waals surface area contributed by atoms with Gasteiger partial charge in [-0.1, -0.05) is 12.1 Å². The van der Waals surface area contributed by atoms with Crippen LogP contribution in [-0.4, -0.2) is 54.9 Å². The molecule has 158 valence electrons. The lowest BCUT2D eigenvalue weighted by molar-refractivity contribution is -0.129. The average Bonchev–Trinajstić information content (AvgIpc) is 3.16. The lowest BCUT2D eigenvalue weighted by Crippen LogP contribution is -2.45. The number of amides is 3. The van der Waals surface area contributed by atoms with Crippen LogP contribution in [0, 0.1) is 5.92 Å². The Morgan fingerprint density at radius 2 is 1.93 bits per heavy atom. The van der Waals surface area contributed by atoms with Crippen molar-refractivity contribution in [2.75, 3.05) is 27.3 Å². The molecular formula is C21H24N4O5. The van der Waals surface area contributed by atoms with Crippen molar-refractivity contribution in [1.82, 2.24) is 20.7 Å². The first-order chi connectivity index (χ1) is 14.5. The van der Waals surface area contributed by atoms with Crippen molar-refractivity contribution in [1.29, 1.82) is 0 Å². The van der Waals surface area contributed by atoms with Crippen molar-refractivity contribution in [3.63, 3.8) is 0 Å². The van der Waals surface area contributed by atoms with Gasteiger partial charge in [0.25, 0.3) is 5.91 Å². The molecule has 1 fully saturated rings. The molecule has 3 rings (SSSR count). The van der Waals surface area contributed by atoms with E-state index in [4.69, 9.17) is 9.47 Å². The zero-order valence-electron chi connectivity index (χ0n) is 16.9. The number of likely N-dealkylation sites (tertiary alicyclic amines) is 1. The second kappa shape index (κ2) is 9.73. The van der Waals surface area contributed by atoms with Gasteiger partial charge in [-0.2, -0.15) is 0 Å². The van der Waals surface area contributed by atoms with E-state index in [9.17, 15) is 14.4 Å². The van der Waals surface area contributed by atoms with Gasteiger partial charge in [0.2, 0.25) is 11.8 Å². The quantitative estimate of drug-likeness (QED) is 0.656. The molecule has 2 heterocycles. The van der Waals surface area contributed by atoms with Gasteiger partial charge in [0.05, 0.1) is 20.1 Å². The Balaban J connectivity index is 1.49. The van der Waals surface area contributed by atoms with E-state index in [1.807, 2.05) is 18.2 Å². The highest BCUT2D eigenvalue weighted by molar-refractivity contribution is 5.95. The van der Waals surface area contributed by atoms with Crippen LogP contribution in [0.4, 0.5) is 0 Å². The maximum Gasteiger partial charge on any atom is 0.288 e. The predicted octanol–water partition coefficient (Wildman–Crippen LogP) is 0.951. The maximum absolute atomic E-state index is 12.3. The number of rotatable bonds is 7. The first kappa shape index (κ1) is 21.1. The van der Waals surface area contributed by atoms with E-state index in [2.05, 4.69) is 15.8 Å². The van der Waals surface area contributed by atoms with Crippen LogP contribution in [0.3, 0.4) is 0 Å². The number of nitrogens with one attached hydrogen (secondary N) is 2. The van der Waals surface area contributed by atoms with Crippen molar-refractivity contribution >= 4 is 17.7 Å². The predicted molar refractivity (Wildman–Crippen MR) is 108 cm³/mol. The van der Waals surface area contributed by atoms with Crippen LogP contribution in [-0.2, 0) is 16.0 Å². The number of nitrogens with zero attached hydrogens (tertiary/aromatic N) is 2. The molecule has 9 nitrogen and oxygen atoms in total. The van der Waals surface area contributed by atoms with E-state index in [0.717, 1.165) is 5.56 Å². The largest absolute Gasteiger partial charge is 0.493 e. The van der Waals surface area contributed by atoms with E-state index < -0.39 is 17.7 Å². The van der Waals surface area contributed by atoms with E-state index >= 15 is 0 Å². The zero-order chi connectivity index (χ0) is 21.5. The summed E-state index contributed by atoms with van der Waals surface area (Å²) in [6.45, 7) is 0.788. The molecule has 1 aromatic heterocycles. The summed E-state index contributed by atoms with van der Waals surface area (Å²) in [6.07, 6.45) is 2.22. The van der Waals surface area contributed by atoms with Gasteiger partial charge in [-0.15, -0.1) is 0 Å². The van der Waals surface area contributed by atoms with Gasteiger partial charge in [-0.3, -0.25) is 30.2 Å². The lowest BCUT2D eigenvalue weighted by Gasteiger charge is -2.17. The van der Waals surface area contributed by atoms with Crippen molar-refractivity contribution < 1.29 is 23.9 Å². The van der Waals surface area contributed by atoms with Crippen molar-refractivity contribution in [2.24, 2.45) is 5.92 Å². The molecule has 3 amide bonds. The highest BCUT2D eigenvalue weighted by Gasteiger charge is 2.34. The van der Waals surface area contributed by atoms with Crippen LogP contribution in [0.15, 0.2) is 42.6 Å². The minimum absolute atomic E-state index is 0.0910. The maximum atomic E-state index is 12.3. The SMILES string of the molecule is COc1ccc(CCN2CC(C(=O)NNC(=O)c3ccccn3)CC2=O)cc1OC. The standard InChI is InChI=1S/C21H24N4O5/c1-29-17-7-6-14(11-18(17)30-2)8-10-25-13-15(12-19(25)26)20(27)23-24-21(28)16-5-3-4-9-22-16/h3-7,9,11,15H,8,10,12-13H2,1-2H3,(H,23,27)(H,24,28). The molecule has 0 bridgehead atoms. The molecule has 1 aromatic carbocycles. The summed E-state index contributed by atoms with van der Waals surface area (Å²) in [5.74, 6) is -0.259. The second-order valence-corrected chi connectivity index (χ2v) is 6.84. The molecule has 30 heavy (non-hydrogen) atoms. The number of pyridine rings is 1. The molecule has 0 aliphatic carbocycles. The van der Waals surface area contributed by atoms with Crippen LogP contribution in [0.25, 0.3) is 0 Å². The van der Waals surface area contributed by atoms with Crippen LogP contribution in [0.2, 0.25) is 0 Å². The smallest absolute Gasteiger partial charge is 0.288 e. The number of hydrazine groups is 1. The van der Waals surface area contributed by atoms with Crippen molar-refractivity contribution in [3.05, 3.63) is 53.9 Å². The van der Waals surface area contributed by atoms with Gasteiger partial charge in [0.1, 0.15) is 5.69 Å². The molecule has 0 radical (unpaired) electrons. The fraction of sp³-hybridized carbons (Fsp3) is 0.333.